The second kappa shape index (κ2) is 4.38. The molecule has 0 aliphatic carbocycles. The molecule has 82 valence electrons. The molecule has 4 nitrogen and oxygen atoms in total. The Balaban J connectivity index is 2.69. The number of aromatic nitrogens is 2. The van der Waals surface area contributed by atoms with Gasteiger partial charge in [0.25, 0.3) is 0 Å². The monoisotopic (exact) mass is 208 g/mol. The van der Waals surface area contributed by atoms with E-state index < -0.39 is 0 Å². The summed E-state index contributed by atoms with van der Waals surface area (Å²) in [7, 11) is 0. The van der Waals surface area contributed by atoms with E-state index in [-0.39, 0.29) is 17.8 Å². The summed E-state index contributed by atoms with van der Waals surface area (Å²) >= 11 is 0. The molecule has 1 heterocycles. The van der Waals surface area contributed by atoms with E-state index in [0.717, 1.165) is 5.69 Å². The van der Waals surface area contributed by atoms with Crippen LogP contribution in [0.2, 0.25) is 0 Å². The van der Waals surface area contributed by atoms with E-state index in [1.807, 2.05) is 0 Å². The van der Waals surface area contributed by atoms with Crippen LogP contribution in [0.1, 0.15) is 33.4 Å². The summed E-state index contributed by atoms with van der Waals surface area (Å²) in [6.07, 6.45) is 3.22. The summed E-state index contributed by atoms with van der Waals surface area (Å²) in [6.45, 7) is 7.70. The van der Waals surface area contributed by atoms with Crippen molar-refractivity contribution in [3.8, 4) is 5.88 Å². The number of carbonyl (C=O) groups excluding carboxylic acids is 1. The predicted molar refractivity (Wildman–Crippen MR) is 56.9 cm³/mol. The van der Waals surface area contributed by atoms with Gasteiger partial charge in [-0.25, -0.2) is 4.98 Å². The van der Waals surface area contributed by atoms with Crippen molar-refractivity contribution in [2.45, 2.75) is 33.1 Å². The highest BCUT2D eigenvalue weighted by atomic mass is 16.5. The van der Waals surface area contributed by atoms with Crippen LogP contribution in [-0.4, -0.2) is 22.4 Å². The van der Waals surface area contributed by atoms with Crippen LogP contribution >= 0.6 is 0 Å². The van der Waals surface area contributed by atoms with Gasteiger partial charge in [-0.2, -0.15) is 0 Å². The van der Waals surface area contributed by atoms with Crippen molar-refractivity contribution in [3.05, 3.63) is 18.1 Å². The van der Waals surface area contributed by atoms with Gasteiger partial charge in [0.2, 0.25) is 5.88 Å². The summed E-state index contributed by atoms with van der Waals surface area (Å²) < 4.78 is 5.11. The molecule has 0 bridgehead atoms. The van der Waals surface area contributed by atoms with Gasteiger partial charge in [-0.3, -0.25) is 9.78 Å². The maximum Gasteiger partial charge on any atom is 0.232 e. The molecule has 0 atom stereocenters. The number of ether oxygens (including phenoxy) is 1. The van der Waals surface area contributed by atoms with E-state index in [9.17, 15) is 4.79 Å². The van der Waals surface area contributed by atoms with E-state index in [2.05, 4.69) is 30.7 Å². The van der Waals surface area contributed by atoms with Crippen LogP contribution in [0.25, 0.3) is 0 Å². The molecule has 15 heavy (non-hydrogen) atoms. The Kier molecular flexibility index (Phi) is 3.39. The number of Topliss-reactive ketones (excluding diaryl/α,β-unsaturated/α-hetero) is 1. The molecule has 0 radical (unpaired) electrons. The first-order chi connectivity index (χ1) is 6.89. The maximum absolute atomic E-state index is 10.7. The van der Waals surface area contributed by atoms with Gasteiger partial charge in [-0.1, -0.05) is 20.8 Å². The zero-order valence-corrected chi connectivity index (χ0v) is 9.57. The number of ketones is 1. The molecule has 0 aliphatic rings. The first-order valence-corrected chi connectivity index (χ1v) is 4.84. The van der Waals surface area contributed by atoms with Gasteiger partial charge >= 0.3 is 0 Å². The largest absolute Gasteiger partial charge is 0.469 e. The average molecular weight is 208 g/mol. The standard InChI is InChI=1S/C11H16N2O2/c1-8(14)7-15-10-6-12-9(5-13-10)11(2,3)4/h5-6H,7H2,1-4H3. The number of nitrogens with zero attached hydrogens (tertiary/aromatic N) is 2. The third-order valence-corrected chi connectivity index (χ3v) is 1.82. The van der Waals surface area contributed by atoms with Gasteiger partial charge in [0.1, 0.15) is 6.61 Å². The first-order valence-electron chi connectivity index (χ1n) is 4.84. The zero-order chi connectivity index (χ0) is 11.5. The van der Waals surface area contributed by atoms with Crippen LogP contribution < -0.4 is 4.74 Å². The fourth-order valence-corrected chi connectivity index (χ4v) is 0.954. The Morgan fingerprint density at radius 3 is 2.40 bits per heavy atom. The molecule has 1 aromatic heterocycles. The highest BCUT2D eigenvalue weighted by Crippen LogP contribution is 2.19. The second-order valence-corrected chi connectivity index (χ2v) is 4.48. The quantitative estimate of drug-likeness (QED) is 0.759. The molecule has 0 saturated carbocycles. The first kappa shape index (κ1) is 11.6. The van der Waals surface area contributed by atoms with Crippen LogP contribution in [0.5, 0.6) is 5.88 Å². The molecule has 1 aromatic rings. The predicted octanol–water partition coefficient (Wildman–Crippen LogP) is 1.74. The minimum Gasteiger partial charge on any atom is -0.469 e. The Labute approximate surface area is 89.7 Å². The van der Waals surface area contributed by atoms with Gasteiger partial charge < -0.3 is 4.74 Å². The summed E-state index contributed by atoms with van der Waals surface area (Å²) in [6, 6.07) is 0. The molecule has 4 heteroatoms. The van der Waals surface area contributed by atoms with Crippen molar-refractivity contribution in [2.75, 3.05) is 6.61 Å². The minimum atomic E-state index is -0.0308. The van der Waals surface area contributed by atoms with E-state index in [1.165, 1.54) is 6.92 Å². The minimum absolute atomic E-state index is 0.0217. The Hall–Kier alpha value is -1.45. The van der Waals surface area contributed by atoms with E-state index >= 15 is 0 Å². The van der Waals surface area contributed by atoms with Gasteiger partial charge in [0, 0.05) is 5.41 Å². The van der Waals surface area contributed by atoms with Crippen molar-refractivity contribution in [1.29, 1.82) is 0 Å². The molecule has 0 spiro atoms. The molecule has 0 aromatic carbocycles. The van der Waals surface area contributed by atoms with Crippen LogP contribution in [-0.2, 0) is 10.2 Å². The van der Waals surface area contributed by atoms with Crippen molar-refractivity contribution < 1.29 is 9.53 Å². The normalized spacial score (nSPS) is 11.2. The summed E-state index contributed by atoms with van der Waals surface area (Å²) in [5.74, 6) is 0.356. The maximum atomic E-state index is 10.7. The topological polar surface area (TPSA) is 52.1 Å². The summed E-state index contributed by atoms with van der Waals surface area (Å²) in [5, 5.41) is 0. The molecule has 0 saturated heterocycles. The van der Waals surface area contributed by atoms with Crippen LogP contribution in [0.15, 0.2) is 12.4 Å². The lowest BCUT2D eigenvalue weighted by atomic mass is 9.93. The molecule has 0 fully saturated rings. The highest BCUT2D eigenvalue weighted by Gasteiger charge is 2.15. The van der Waals surface area contributed by atoms with Crippen LogP contribution in [0.4, 0.5) is 0 Å². The van der Waals surface area contributed by atoms with Crippen LogP contribution in [0, 0.1) is 0 Å². The lowest BCUT2D eigenvalue weighted by Crippen LogP contribution is -2.14. The second-order valence-electron chi connectivity index (χ2n) is 4.48. The van der Waals surface area contributed by atoms with Crippen LogP contribution in [0.3, 0.4) is 0 Å². The van der Waals surface area contributed by atoms with Crippen molar-refractivity contribution >= 4 is 5.78 Å². The Bertz CT molecular complexity index is 339. The molecule has 0 amide bonds. The van der Waals surface area contributed by atoms with E-state index in [1.54, 1.807) is 12.4 Å². The third kappa shape index (κ3) is 3.65. The van der Waals surface area contributed by atoms with Gasteiger partial charge in [-0.05, 0) is 6.92 Å². The summed E-state index contributed by atoms with van der Waals surface area (Å²) in [5.41, 5.74) is 0.879. The summed E-state index contributed by atoms with van der Waals surface area (Å²) in [4.78, 5) is 19.0. The Morgan fingerprint density at radius 2 is 2.00 bits per heavy atom. The van der Waals surface area contributed by atoms with Gasteiger partial charge in [-0.15, -0.1) is 0 Å². The lowest BCUT2D eigenvalue weighted by molar-refractivity contribution is -0.119. The SMILES string of the molecule is CC(=O)COc1cnc(C(C)(C)C)cn1. The molecular weight excluding hydrogens is 192 g/mol. The zero-order valence-electron chi connectivity index (χ0n) is 9.57. The highest BCUT2D eigenvalue weighted by molar-refractivity contribution is 5.76. The van der Waals surface area contributed by atoms with Crippen molar-refractivity contribution in [3.63, 3.8) is 0 Å². The molecule has 0 aliphatic heterocycles. The van der Waals surface area contributed by atoms with Crippen molar-refractivity contribution in [1.82, 2.24) is 9.97 Å². The fraction of sp³-hybridized carbons (Fsp3) is 0.545. The molecule has 0 unspecified atom stereocenters. The van der Waals surface area contributed by atoms with E-state index in [4.69, 9.17) is 4.74 Å². The molecule has 0 N–H and O–H groups in total. The van der Waals surface area contributed by atoms with Gasteiger partial charge in [0.15, 0.2) is 5.78 Å². The fourth-order valence-electron chi connectivity index (χ4n) is 0.954. The number of hydrogen-bond donors (Lipinski definition) is 0. The molecule has 1 rings (SSSR count). The number of rotatable bonds is 3. The Morgan fingerprint density at radius 1 is 1.33 bits per heavy atom. The lowest BCUT2D eigenvalue weighted by Gasteiger charge is -2.16. The van der Waals surface area contributed by atoms with Gasteiger partial charge in [0.05, 0.1) is 18.1 Å². The number of carbonyl (C=O) groups is 1. The van der Waals surface area contributed by atoms with Crippen molar-refractivity contribution in [2.24, 2.45) is 0 Å². The molecular formula is C11H16N2O2. The average Bonchev–Trinajstić information content (AvgIpc) is 2.14. The van der Waals surface area contributed by atoms with E-state index in [0.29, 0.717) is 5.88 Å². The smallest absolute Gasteiger partial charge is 0.232 e. The number of hydrogen-bond acceptors (Lipinski definition) is 4. The third-order valence-electron chi connectivity index (χ3n) is 1.82.